The quantitative estimate of drug-likeness (QED) is 0.535. The first-order chi connectivity index (χ1) is 14.2. The second-order valence-corrected chi connectivity index (χ2v) is 6.59. The molecule has 4 aromatic rings. The summed E-state index contributed by atoms with van der Waals surface area (Å²) in [5.41, 5.74) is 3.27. The molecule has 0 saturated carbocycles. The Bertz CT molecular complexity index is 1150. The second-order valence-electron chi connectivity index (χ2n) is 6.59. The van der Waals surface area contributed by atoms with E-state index < -0.39 is 0 Å². The van der Waals surface area contributed by atoms with Gasteiger partial charge >= 0.3 is 0 Å². The van der Waals surface area contributed by atoms with Crippen LogP contribution < -0.4 is 14.8 Å². The number of anilines is 1. The van der Waals surface area contributed by atoms with Gasteiger partial charge in [-0.25, -0.2) is 4.98 Å². The van der Waals surface area contributed by atoms with Crippen LogP contribution in [0.5, 0.6) is 11.5 Å². The monoisotopic (exact) mass is 387 g/mol. The molecule has 0 fully saturated rings. The number of fused-ring (bicyclic) bond motifs is 1. The number of amides is 1. The number of rotatable bonds is 6. The van der Waals surface area contributed by atoms with Crippen LogP contribution in [0.3, 0.4) is 0 Å². The van der Waals surface area contributed by atoms with Gasteiger partial charge in [0.05, 0.1) is 7.11 Å². The van der Waals surface area contributed by atoms with E-state index >= 15 is 0 Å². The van der Waals surface area contributed by atoms with Crippen molar-refractivity contribution < 1.29 is 14.3 Å². The van der Waals surface area contributed by atoms with E-state index in [0.29, 0.717) is 23.0 Å². The van der Waals surface area contributed by atoms with E-state index in [9.17, 15) is 4.79 Å². The molecule has 0 atom stereocenters. The van der Waals surface area contributed by atoms with Crippen LogP contribution >= 0.6 is 0 Å². The van der Waals surface area contributed by atoms with Crippen LogP contribution in [-0.2, 0) is 4.79 Å². The zero-order valence-corrected chi connectivity index (χ0v) is 16.3. The van der Waals surface area contributed by atoms with Crippen LogP contribution in [0.15, 0.2) is 72.9 Å². The maximum Gasteiger partial charge on any atom is 0.263 e. The number of para-hydroxylation sites is 2. The Hall–Kier alpha value is -3.80. The fourth-order valence-corrected chi connectivity index (χ4v) is 3.13. The topological polar surface area (TPSA) is 64.9 Å². The number of pyridine rings is 1. The molecule has 1 N–H and O–H groups in total. The van der Waals surface area contributed by atoms with Crippen LogP contribution in [0.4, 0.5) is 5.82 Å². The van der Waals surface area contributed by atoms with Gasteiger partial charge in [0.15, 0.2) is 6.61 Å². The molecule has 6 nitrogen and oxygen atoms in total. The smallest absolute Gasteiger partial charge is 0.263 e. The largest absolute Gasteiger partial charge is 0.496 e. The number of benzene rings is 2. The number of carbonyl (C=O) groups excluding carboxylic acids is 1. The molecule has 2 heterocycles. The molecular weight excluding hydrogens is 366 g/mol. The highest BCUT2D eigenvalue weighted by Gasteiger charge is 2.19. The van der Waals surface area contributed by atoms with Crippen LogP contribution in [-0.4, -0.2) is 29.0 Å². The first-order valence-corrected chi connectivity index (χ1v) is 9.25. The van der Waals surface area contributed by atoms with Crippen molar-refractivity contribution in [1.29, 1.82) is 0 Å². The highest BCUT2D eigenvalue weighted by Crippen LogP contribution is 2.35. The highest BCUT2D eigenvalue weighted by atomic mass is 16.5. The lowest BCUT2D eigenvalue weighted by atomic mass is 10.1. The van der Waals surface area contributed by atoms with Crippen molar-refractivity contribution in [2.24, 2.45) is 0 Å². The molecule has 0 saturated heterocycles. The normalized spacial score (nSPS) is 10.7. The molecule has 146 valence electrons. The average Bonchev–Trinajstić information content (AvgIpc) is 3.10. The van der Waals surface area contributed by atoms with E-state index in [1.54, 1.807) is 7.11 Å². The van der Waals surface area contributed by atoms with Crippen LogP contribution in [0, 0.1) is 6.92 Å². The number of carbonyl (C=O) groups is 1. The third-order valence-corrected chi connectivity index (χ3v) is 4.51. The predicted molar refractivity (Wildman–Crippen MR) is 112 cm³/mol. The SMILES string of the molecule is COc1ccccc1-c1nc2cc(C)ccn2c1NC(=O)COc1ccccc1. The van der Waals surface area contributed by atoms with E-state index in [2.05, 4.69) is 5.32 Å². The third kappa shape index (κ3) is 3.91. The maximum absolute atomic E-state index is 12.6. The zero-order valence-electron chi connectivity index (χ0n) is 16.3. The van der Waals surface area contributed by atoms with Crippen molar-refractivity contribution in [2.75, 3.05) is 19.0 Å². The lowest BCUT2D eigenvalue weighted by Crippen LogP contribution is -2.21. The minimum absolute atomic E-state index is 0.103. The summed E-state index contributed by atoms with van der Waals surface area (Å²) in [7, 11) is 1.62. The Labute approximate surface area is 168 Å². The highest BCUT2D eigenvalue weighted by molar-refractivity contribution is 5.96. The summed E-state index contributed by atoms with van der Waals surface area (Å²) in [6, 6.07) is 20.8. The van der Waals surface area contributed by atoms with Crippen molar-refractivity contribution in [3.05, 3.63) is 78.5 Å². The molecule has 1 amide bonds. The number of ether oxygens (including phenoxy) is 2. The number of aryl methyl sites for hydroxylation is 1. The molecular formula is C23H21N3O3. The van der Waals surface area contributed by atoms with Crippen LogP contribution in [0.1, 0.15) is 5.56 Å². The van der Waals surface area contributed by atoms with Crippen molar-refractivity contribution in [3.63, 3.8) is 0 Å². The lowest BCUT2D eigenvalue weighted by Gasteiger charge is -2.11. The van der Waals surface area contributed by atoms with Gasteiger partial charge in [-0.15, -0.1) is 0 Å². The predicted octanol–water partition coefficient (Wildman–Crippen LogP) is 4.34. The van der Waals surface area contributed by atoms with Crippen molar-refractivity contribution in [3.8, 4) is 22.8 Å². The Balaban J connectivity index is 1.69. The van der Waals surface area contributed by atoms with E-state index in [1.807, 2.05) is 84.3 Å². The molecule has 0 aliphatic rings. The van der Waals surface area contributed by atoms with Gasteiger partial charge in [0.25, 0.3) is 5.91 Å². The Morgan fingerprint density at radius 2 is 1.83 bits per heavy atom. The molecule has 2 aromatic heterocycles. The van der Waals surface area contributed by atoms with Crippen molar-refractivity contribution >= 4 is 17.4 Å². The summed E-state index contributed by atoms with van der Waals surface area (Å²) in [6.07, 6.45) is 1.89. The molecule has 0 unspecified atom stereocenters. The lowest BCUT2D eigenvalue weighted by molar-refractivity contribution is -0.118. The molecule has 29 heavy (non-hydrogen) atoms. The zero-order chi connectivity index (χ0) is 20.2. The fraction of sp³-hybridized carbons (Fsp3) is 0.130. The fourth-order valence-electron chi connectivity index (χ4n) is 3.13. The minimum Gasteiger partial charge on any atom is -0.496 e. The van der Waals surface area contributed by atoms with Gasteiger partial charge in [0.1, 0.15) is 28.7 Å². The molecule has 6 heteroatoms. The summed E-state index contributed by atoms with van der Waals surface area (Å²) in [5, 5.41) is 2.95. The molecule has 0 aliphatic heterocycles. The third-order valence-electron chi connectivity index (χ3n) is 4.51. The van der Waals surface area contributed by atoms with E-state index in [0.717, 1.165) is 16.8 Å². The molecule has 0 bridgehead atoms. The number of methoxy groups -OCH3 is 1. The van der Waals surface area contributed by atoms with Crippen LogP contribution in [0.2, 0.25) is 0 Å². The minimum atomic E-state index is -0.271. The number of nitrogens with one attached hydrogen (secondary N) is 1. The number of aromatic nitrogens is 2. The number of hydrogen-bond acceptors (Lipinski definition) is 4. The summed E-state index contributed by atoms with van der Waals surface area (Å²) in [6.45, 7) is 1.90. The molecule has 0 aliphatic carbocycles. The van der Waals surface area contributed by atoms with Gasteiger partial charge < -0.3 is 14.8 Å². The van der Waals surface area contributed by atoms with Crippen LogP contribution in [0.25, 0.3) is 16.9 Å². The average molecular weight is 387 g/mol. The van der Waals surface area contributed by atoms with Crippen molar-refractivity contribution in [1.82, 2.24) is 9.38 Å². The Morgan fingerprint density at radius 1 is 1.07 bits per heavy atom. The summed E-state index contributed by atoms with van der Waals surface area (Å²) in [4.78, 5) is 17.4. The van der Waals surface area contributed by atoms with Gasteiger partial charge in [-0.2, -0.15) is 0 Å². The standard InChI is InChI=1S/C23H21N3O3/c1-16-12-13-26-20(14-16)24-22(18-10-6-7-11-19(18)28-2)23(26)25-21(27)15-29-17-8-4-3-5-9-17/h3-14H,15H2,1-2H3,(H,25,27). The van der Waals surface area contributed by atoms with Gasteiger partial charge in [-0.1, -0.05) is 30.3 Å². The van der Waals surface area contributed by atoms with Gasteiger partial charge in [0.2, 0.25) is 0 Å². The Morgan fingerprint density at radius 3 is 2.62 bits per heavy atom. The molecule has 2 aromatic carbocycles. The van der Waals surface area contributed by atoms with Crippen molar-refractivity contribution in [2.45, 2.75) is 6.92 Å². The summed E-state index contributed by atoms with van der Waals surface area (Å²) < 4.78 is 12.9. The maximum atomic E-state index is 12.6. The van der Waals surface area contributed by atoms with Gasteiger partial charge in [-0.05, 0) is 48.9 Å². The first kappa shape index (κ1) is 18.6. The first-order valence-electron chi connectivity index (χ1n) is 9.25. The molecule has 0 radical (unpaired) electrons. The Kier molecular flexibility index (Phi) is 5.16. The van der Waals surface area contributed by atoms with Gasteiger partial charge in [0, 0.05) is 11.8 Å². The molecule has 4 rings (SSSR count). The summed E-state index contributed by atoms with van der Waals surface area (Å²) in [5.74, 6) is 1.63. The molecule has 0 spiro atoms. The summed E-state index contributed by atoms with van der Waals surface area (Å²) >= 11 is 0. The van der Waals surface area contributed by atoms with E-state index in [-0.39, 0.29) is 12.5 Å². The number of hydrogen-bond donors (Lipinski definition) is 1. The van der Waals surface area contributed by atoms with E-state index in [1.165, 1.54) is 0 Å². The number of nitrogens with zero attached hydrogens (tertiary/aromatic N) is 2. The number of imidazole rings is 1. The second kappa shape index (κ2) is 8.06. The van der Waals surface area contributed by atoms with Gasteiger partial charge in [-0.3, -0.25) is 9.20 Å². The van der Waals surface area contributed by atoms with E-state index in [4.69, 9.17) is 14.5 Å².